The van der Waals surface area contributed by atoms with Crippen LogP contribution in [0.4, 0.5) is 0 Å². The van der Waals surface area contributed by atoms with Gasteiger partial charge in [-0.05, 0) is 41.5 Å². The van der Waals surface area contributed by atoms with Gasteiger partial charge in [-0.1, -0.05) is 0 Å². The van der Waals surface area contributed by atoms with Gasteiger partial charge in [0.2, 0.25) is 0 Å². The first-order valence-electron chi connectivity index (χ1n) is 6.04. The number of fused-ring (bicyclic) bond motifs is 2. The molecule has 0 fully saturated rings. The second-order valence-corrected chi connectivity index (χ2v) is 4.37. The number of pyridine rings is 3. The van der Waals surface area contributed by atoms with Crippen LogP contribution in [0.25, 0.3) is 27.5 Å². The molecule has 4 rings (SSSR count). The van der Waals surface area contributed by atoms with Crippen molar-refractivity contribution in [2.45, 2.75) is 0 Å². The number of nitrogens with zero attached hydrogens (tertiary/aromatic N) is 4. The standard InChI is InChI=1S/C15H10N4/c1-7-18-19-8-4-11(9-12(1)19)13-2-6-17-15-3-5-16-10-14(13)15/h1-10H. The molecule has 0 saturated carbocycles. The summed E-state index contributed by atoms with van der Waals surface area (Å²) in [5.74, 6) is 0. The van der Waals surface area contributed by atoms with Crippen molar-refractivity contribution in [3.05, 3.63) is 61.3 Å². The second-order valence-electron chi connectivity index (χ2n) is 4.37. The van der Waals surface area contributed by atoms with Gasteiger partial charge in [0.15, 0.2) is 0 Å². The third-order valence-electron chi connectivity index (χ3n) is 3.25. The number of rotatable bonds is 1. The Morgan fingerprint density at radius 3 is 2.95 bits per heavy atom. The highest BCUT2D eigenvalue weighted by molar-refractivity contribution is 5.94. The molecule has 0 bridgehead atoms. The van der Waals surface area contributed by atoms with Crippen LogP contribution in [0.1, 0.15) is 0 Å². The third-order valence-corrected chi connectivity index (χ3v) is 3.25. The topological polar surface area (TPSA) is 43.1 Å². The van der Waals surface area contributed by atoms with E-state index in [0.717, 1.165) is 27.5 Å². The van der Waals surface area contributed by atoms with Gasteiger partial charge in [0.05, 0.1) is 11.0 Å². The molecule has 90 valence electrons. The Labute approximate surface area is 109 Å². The molecular weight excluding hydrogens is 236 g/mol. The highest BCUT2D eigenvalue weighted by Gasteiger charge is 2.05. The summed E-state index contributed by atoms with van der Waals surface area (Å²) in [6, 6.07) is 10.1. The van der Waals surface area contributed by atoms with Gasteiger partial charge in [-0.3, -0.25) is 9.97 Å². The lowest BCUT2D eigenvalue weighted by atomic mass is 10.0. The largest absolute Gasteiger partial charge is 0.264 e. The average molecular weight is 246 g/mol. The quantitative estimate of drug-likeness (QED) is 0.518. The summed E-state index contributed by atoms with van der Waals surface area (Å²) < 4.78 is 1.85. The molecule has 0 N–H and O–H groups in total. The summed E-state index contributed by atoms with van der Waals surface area (Å²) in [4.78, 5) is 8.56. The van der Waals surface area contributed by atoms with Gasteiger partial charge in [-0.2, -0.15) is 5.10 Å². The molecule has 0 amide bonds. The molecule has 0 aliphatic heterocycles. The van der Waals surface area contributed by atoms with E-state index in [0.29, 0.717) is 0 Å². The minimum Gasteiger partial charge on any atom is -0.264 e. The molecule has 19 heavy (non-hydrogen) atoms. The predicted octanol–water partition coefficient (Wildman–Crippen LogP) is 2.94. The molecule has 0 aromatic carbocycles. The molecule has 4 aromatic heterocycles. The zero-order valence-corrected chi connectivity index (χ0v) is 10.1. The maximum atomic E-state index is 4.36. The molecule has 4 heteroatoms. The Bertz CT molecular complexity index is 874. The van der Waals surface area contributed by atoms with Crippen molar-refractivity contribution in [3.8, 4) is 11.1 Å². The van der Waals surface area contributed by atoms with Crippen molar-refractivity contribution < 1.29 is 0 Å². The van der Waals surface area contributed by atoms with Crippen LogP contribution in [0, 0.1) is 0 Å². The smallest absolute Gasteiger partial charge is 0.0739 e. The van der Waals surface area contributed by atoms with Crippen LogP contribution in [-0.2, 0) is 0 Å². The van der Waals surface area contributed by atoms with Gasteiger partial charge in [-0.25, -0.2) is 4.52 Å². The van der Waals surface area contributed by atoms with E-state index in [2.05, 4.69) is 27.2 Å². The van der Waals surface area contributed by atoms with E-state index >= 15 is 0 Å². The molecule has 4 heterocycles. The van der Waals surface area contributed by atoms with E-state index in [4.69, 9.17) is 0 Å². The molecule has 0 aliphatic carbocycles. The molecule has 0 saturated heterocycles. The predicted molar refractivity (Wildman–Crippen MR) is 73.7 cm³/mol. The van der Waals surface area contributed by atoms with Gasteiger partial charge in [0.25, 0.3) is 0 Å². The monoisotopic (exact) mass is 246 g/mol. The third kappa shape index (κ3) is 1.57. The molecular formula is C15H10N4. The Hall–Kier alpha value is -2.75. The van der Waals surface area contributed by atoms with Crippen LogP contribution in [-0.4, -0.2) is 19.6 Å². The molecule has 4 aromatic rings. The number of hydrogen-bond acceptors (Lipinski definition) is 3. The molecule has 0 radical (unpaired) electrons. The Balaban J connectivity index is 2.03. The lowest BCUT2D eigenvalue weighted by molar-refractivity contribution is 0.962. The highest BCUT2D eigenvalue weighted by Crippen LogP contribution is 2.27. The maximum Gasteiger partial charge on any atom is 0.0739 e. The van der Waals surface area contributed by atoms with Crippen molar-refractivity contribution in [2.75, 3.05) is 0 Å². The fourth-order valence-corrected chi connectivity index (χ4v) is 2.33. The lowest BCUT2D eigenvalue weighted by Crippen LogP contribution is -1.89. The Kier molecular flexibility index (Phi) is 2.08. The zero-order chi connectivity index (χ0) is 12.7. The first-order chi connectivity index (χ1) is 9.42. The SMILES string of the molecule is c1cc2nccc(-c3ccn4nccc4c3)c2cn1. The van der Waals surface area contributed by atoms with Crippen molar-refractivity contribution in [1.29, 1.82) is 0 Å². The number of aromatic nitrogens is 4. The van der Waals surface area contributed by atoms with Gasteiger partial charge >= 0.3 is 0 Å². The lowest BCUT2D eigenvalue weighted by Gasteiger charge is -2.06. The van der Waals surface area contributed by atoms with Crippen LogP contribution in [0.15, 0.2) is 61.3 Å². The van der Waals surface area contributed by atoms with Crippen LogP contribution in [0.2, 0.25) is 0 Å². The Morgan fingerprint density at radius 2 is 1.95 bits per heavy atom. The summed E-state index contributed by atoms with van der Waals surface area (Å²) in [5.41, 5.74) is 4.32. The van der Waals surface area contributed by atoms with E-state index < -0.39 is 0 Å². The maximum absolute atomic E-state index is 4.36. The minimum atomic E-state index is 0.959. The second kappa shape index (κ2) is 3.88. The fourth-order valence-electron chi connectivity index (χ4n) is 2.33. The molecule has 4 nitrogen and oxygen atoms in total. The molecule has 0 spiro atoms. The van der Waals surface area contributed by atoms with Crippen molar-refractivity contribution in [2.24, 2.45) is 0 Å². The van der Waals surface area contributed by atoms with Gasteiger partial charge in [0, 0.05) is 36.4 Å². The average Bonchev–Trinajstić information content (AvgIpc) is 2.94. The zero-order valence-electron chi connectivity index (χ0n) is 10.1. The van der Waals surface area contributed by atoms with Crippen LogP contribution in [0.3, 0.4) is 0 Å². The highest BCUT2D eigenvalue weighted by atomic mass is 15.2. The summed E-state index contributed by atoms with van der Waals surface area (Å²) in [6.07, 6.45) is 9.22. The summed E-state index contributed by atoms with van der Waals surface area (Å²) in [6.45, 7) is 0. The fraction of sp³-hybridized carbons (Fsp3) is 0. The van der Waals surface area contributed by atoms with E-state index in [1.54, 1.807) is 12.4 Å². The van der Waals surface area contributed by atoms with Crippen LogP contribution >= 0.6 is 0 Å². The van der Waals surface area contributed by atoms with Crippen LogP contribution < -0.4 is 0 Å². The van der Waals surface area contributed by atoms with Crippen molar-refractivity contribution >= 4 is 16.4 Å². The molecule has 0 unspecified atom stereocenters. The first-order valence-corrected chi connectivity index (χ1v) is 6.04. The van der Waals surface area contributed by atoms with Crippen molar-refractivity contribution in [1.82, 2.24) is 19.6 Å². The van der Waals surface area contributed by atoms with E-state index in [1.807, 2.05) is 41.3 Å². The van der Waals surface area contributed by atoms with Crippen molar-refractivity contribution in [3.63, 3.8) is 0 Å². The Morgan fingerprint density at radius 1 is 0.947 bits per heavy atom. The number of hydrogen-bond donors (Lipinski definition) is 0. The van der Waals surface area contributed by atoms with E-state index in [9.17, 15) is 0 Å². The molecule has 0 aliphatic rings. The minimum absolute atomic E-state index is 0.959. The van der Waals surface area contributed by atoms with Crippen LogP contribution in [0.5, 0.6) is 0 Å². The van der Waals surface area contributed by atoms with Gasteiger partial charge in [0.1, 0.15) is 0 Å². The van der Waals surface area contributed by atoms with E-state index in [1.165, 1.54) is 0 Å². The van der Waals surface area contributed by atoms with E-state index in [-0.39, 0.29) is 0 Å². The summed E-state index contributed by atoms with van der Waals surface area (Å²) in [7, 11) is 0. The normalized spacial score (nSPS) is 11.2. The molecule has 0 atom stereocenters. The van der Waals surface area contributed by atoms with Gasteiger partial charge < -0.3 is 0 Å². The summed E-state index contributed by atoms with van der Waals surface area (Å²) >= 11 is 0. The first kappa shape index (κ1) is 10.2. The summed E-state index contributed by atoms with van der Waals surface area (Å²) in [5, 5.41) is 5.27. The van der Waals surface area contributed by atoms with Gasteiger partial charge in [-0.15, -0.1) is 0 Å².